The average Bonchev–Trinajstić information content (AvgIpc) is 3.04. The number of hydrogen-bond donors (Lipinski definition) is 4. The Bertz CT molecular complexity index is 961. The summed E-state index contributed by atoms with van der Waals surface area (Å²) >= 11 is 0. The molecule has 0 bridgehead atoms. The van der Waals surface area contributed by atoms with Gasteiger partial charge in [-0.3, -0.25) is 4.79 Å². The summed E-state index contributed by atoms with van der Waals surface area (Å²) in [5.74, 6) is -1.13. The Morgan fingerprint density at radius 3 is 2.32 bits per heavy atom. The first-order chi connectivity index (χ1) is 16.1. The van der Waals surface area contributed by atoms with Crippen LogP contribution in [-0.4, -0.2) is 38.6 Å². The lowest BCUT2D eigenvalue weighted by molar-refractivity contribution is -0.137. The van der Waals surface area contributed by atoms with Gasteiger partial charge in [-0.25, -0.2) is 0 Å². The minimum absolute atomic E-state index is 0.0450. The molecule has 2 unspecified atom stereocenters. The Morgan fingerprint density at radius 2 is 1.65 bits per heavy atom. The molecule has 34 heavy (non-hydrogen) atoms. The fourth-order valence-electron chi connectivity index (χ4n) is 5.25. The number of aliphatic hydroxyl groups is 3. The predicted molar refractivity (Wildman–Crippen MR) is 122 cm³/mol. The zero-order chi connectivity index (χ0) is 24.9. The third kappa shape index (κ3) is 6.71. The zero-order valence-electron chi connectivity index (χ0n) is 19.0. The number of carboxylic acids is 1. The maximum Gasteiger partial charge on any atom is 0.417 e. The van der Waals surface area contributed by atoms with E-state index in [-0.39, 0.29) is 36.5 Å². The molecule has 4 N–H and O–H groups in total. The molecular formula is C26H33F3O5. The fraction of sp³-hybridized carbons (Fsp3) is 0.577. The first-order valence-corrected chi connectivity index (χ1v) is 11.9. The van der Waals surface area contributed by atoms with Crippen molar-refractivity contribution in [2.24, 2.45) is 11.8 Å². The Balaban J connectivity index is 1.60. The molecule has 0 heterocycles. The van der Waals surface area contributed by atoms with Crippen LogP contribution in [0.4, 0.5) is 13.2 Å². The van der Waals surface area contributed by atoms with Gasteiger partial charge in [-0.15, -0.1) is 0 Å². The van der Waals surface area contributed by atoms with Crippen molar-refractivity contribution in [1.29, 1.82) is 0 Å². The highest BCUT2D eigenvalue weighted by atomic mass is 19.4. The maximum absolute atomic E-state index is 13.4. The van der Waals surface area contributed by atoms with Gasteiger partial charge in [0.05, 0.1) is 23.9 Å². The summed E-state index contributed by atoms with van der Waals surface area (Å²) in [6.07, 6.45) is -1.88. The summed E-state index contributed by atoms with van der Waals surface area (Å²) in [4.78, 5) is 10.6. The van der Waals surface area contributed by atoms with E-state index < -0.39 is 36.0 Å². The summed E-state index contributed by atoms with van der Waals surface area (Å²) in [5, 5.41) is 40.8. The standard InChI is InChI=1S/C26H33F3O5/c27-26(28,29)21-8-5-6-16-10-11-17(14-20(16)21)22(30)13-12-19-18(23(31)15-24(19)32)7-3-1-2-4-9-25(33)34/h5-6,8,10-11,14,18-19,22-24,30-32H,1-4,7,9,12-13,15H2,(H,33,34)/t18-,19?,22?,23+,24-/m1/s1. The number of halogens is 3. The van der Waals surface area contributed by atoms with Crippen LogP contribution in [0, 0.1) is 11.8 Å². The number of carboxylic acid groups (broad SMARTS) is 1. The molecule has 1 saturated carbocycles. The van der Waals surface area contributed by atoms with E-state index in [9.17, 15) is 33.3 Å². The molecule has 1 aliphatic carbocycles. The van der Waals surface area contributed by atoms with Gasteiger partial charge in [0.2, 0.25) is 0 Å². The van der Waals surface area contributed by atoms with Crippen LogP contribution in [0.15, 0.2) is 36.4 Å². The van der Waals surface area contributed by atoms with E-state index in [4.69, 9.17) is 5.11 Å². The average molecular weight is 483 g/mol. The number of rotatable bonds is 11. The summed E-state index contributed by atoms with van der Waals surface area (Å²) in [7, 11) is 0. The van der Waals surface area contributed by atoms with Crippen LogP contribution < -0.4 is 0 Å². The number of aliphatic carboxylic acids is 1. The molecule has 5 atom stereocenters. The fourth-order valence-corrected chi connectivity index (χ4v) is 5.25. The van der Waals surface area contributed by atoms with Crippen molar-refractivity contribution < 1.29 is 38.4 Å². The molecule has 2 aromatic carbocycles. The summed E-state index contributed by atoms with van der Waals surface area (Å²) in [6, 6.07) is 8.58. The second kappa shape index (κ2) is 11.5. The van der Waals surface area contributed by atoms with Gasteiger partial charge in [0.1, 0.15) is 0 Å². The van der Waals surface area contributed by atoms with E-state index in [1.54, 1.807) is 18.2 Å². The van der Waals surface area contributed by atoms with Crippen molar-refractivity contribution in [3.8, 4) is 0 Å². The molecule has 0 radical (unpaired) electrons. The molecule has 3 rings (SSSR count). The van der Waals surface area contributed by atoms with Crippen LogP contribution in [0.5, 0.6) is 0 Å². The summed E-state index contributed by atoms with van der Waals surface area (Å²) in [6.45, 7) is 0. The van der Waals surface area contributed by atoms with Crippen LogP contribution in [-0.2, 0) is 11.0 Å². The van der Waals surface area contributed by atoms with Crippen molar-refractivity contribution in [3.63, 3.8) is 0 Å². The van der Waals surface area contributed by atoms with Gasteiger partial charge >= 0.3 is 12.1 Å². The third-order valence-corrected chi connectivity index (χ3v) is 7.07. The van der Waals surface area contributed by atoms with E-state index in [1.807, 2.05) is 0 Å². The Hall–Kier alpha value is -2.16. The number of benzene rings is 2. The third-order valence-electron chi connectivity index (χ3n) is 7.07. The smallest absolute Gasteiger partial charge is 0.417 e. The van der Waals surface area contributed by atoms with E-state index in [2.05, 4.69) is 0 Å². The quantitative estimate of drug-likeness (QED) is 0.319. The van der Waals surface area contributed by atoms with Crippen LogP contribution in [0.2, 0.25) is 0 Å². The van der Waals surface area contributed by atoms with E-state index >= 15 is 0 Å². The SMILES string of the molecule is O=C(O)CCCCCC[C@@H]1C(CCC(O)c2ccc3cccc(C(F)(F)F)c3c2)[C@H](O)C[C@@H]1O. The number of unbranched alkanes of at least 4 members (excludes halogenated alkanes) is 3. The van der Waals surface area contributed by atoms with Gasteiger partial charge in [0, 0.05) is 6.42 Å². The number of hydrogen-bond acceptors (Lipinski definition) is 4. The highest BCUT2D eigenvalue weighted by molar-refractivity contribution is 5.87. The maximum atomic E-state index is 13.4. The Labute approximate surface area is 197 Å². The topological polar surface area (TPSA) is 98.0 Å². The lowest BCUT2D eigenvalue weighted by Crippen LogP contribution is -2.23. The molecule has 0 saturated heterocycles. The van der Waals surface area contributed by atoms with Crippen LogP contribution in [0.25, 0.3) is 10.8 Å². The minimum Gasteiger partial charge on any atom is -0.481 e. The largest absolute Gasteiger partial charge is 0.481 e. The van der Waals surface area contributed by atoms with Crippen molar-refractivity contribution in [3.05, 3.63) is 47.5 Å². The molecular weight excluding hydrogens is 449 g/mol. The first kappa shape index (κ1) is 26.4. The second-order valence-electron chi connectivity index (χ2n) is 9.42. The summed E-state index contributed by atoms with van der Waals surface area (Å²) < 4.78 is 40.2. The van der Waals surface area contributed by atoms with Crippen LogP contribution in [0.1, 0.15) is 75.0 Å². The van der Waals surface area contributed by atoms with Crippen LogP contribution >= 0.6 is 0 Å². The molecule has 1 aliphatic rings. The normalized spacial score (nSPS) is 23.9. The lowest BCUT2D eigenvalue weighted by atomic mass is 9.84. The Kier molecular flexibility index (Phi) is 8.95. The number of fused-ring (bicyclic) bond motifs is 1. The Morgan fingerprint density at radius 1 is 0.971 bits per heavy atom. The monoisotopic (exact) mass is 482 g/mol. The van der Waals surface area contributed by atoms with Gasteiger partial charge in [-0.1, -0.05) is 43.5 Å². The van der Waals surface area contributed by atoms with E-state index in [0.29, 0.717) is 30.2 Å². The van der Waals surface area contributed by atoms with Crippen molar-refractivity contribution in [1.82, 2.24) is 0 Å². The van der Waals surface area contributed by atoms with Gasteiger partial charge in [-0.2, -0.15) is 13.2 Å². The van der Waals surface area contributed by atoms with Gasteiger partial charge < -0.3 is 20.4 Å². The number of aliphatic hydroxyl groups excluding tert-OH is 3. The van der Waals surface area contributed by atoms with Crippen LogP contribution in [0.3, 0.4) is 0 Å². The molecule has 0 aliphatic heterocycles. The number of alkyl halides is 3. The van der Waals surface area contributed by atoms with Gasteiger partial charge in [0.15, 0.2) is 0 Å². The van der Waals surface area contributed by atoms with Gasteiger partial charge in [-0.05, 0) is 72.4 Å². The molecule has 0 aromatic heterocycles. The first-order valence-electron chi connectivity index (χ1n) is 11.9. The van der Waals surface area contributed by atoms with E-state index in [1.165, 1.54) is 12.1 Å². The molecule has 188 valence electrons. The molecule has 2 aromatic rings. The number of carbonyl (C=O) groups is 1. The summed E-state index contributed by atoms with van der Waals surface area (Å²) in [5.41, 5.74) is -0.343. The molecule has 5 nitrogen and oxygen atoms in total. The predicted octanol–water partition coefficient (Wildman–Crippen LogP) is 5.46. The van der Waals surface area contributed by atoms with Crippen molar-refractivity contribution in [2.45, 2.75) is 82.3 Å². The molecule has 1 fully saturated rings. The van der Waals surface area contributed by atoms with Gasteiger partial charge in [0.25, 0.3) is 0 Å². The molecule has 0 spiro atoms. The minimum atomic E-state index is -4.49. The van der Waals surface area contributed by atoms with Crippen molar-refractivity contribution in [2.75, 3.05) is 0 Å². The zero-order valence-corrected chi connectivity index (χ0v) is 19.0. The van der Waals surface area contributed by atoms with E-state index in [0.717, 1.165) is 25.3 Å². The van der Waals surface area contributed by atoms with Crippen molar-refractivity contribution >= 4 is 16.7 Å². The molecule has 0 amide bonds. The molecule has 8 heteroatoms. The second-order valence-corrected chi connectivity index (χ2v) is 9.42. The lowest BCUT2D eigenvalue weighted by Gasteiger charge is -2.25. The highest BCUT2D eigenvalue weighted by Crippen LogP contribution is 2.41. The highest BCUT2D eigenvalue weighted by Gasteiger charge is 2.41.